The normalized spacial score (nSPS) is 10.9. The first-order chi connectivity index (χ1) is 14.2. The van der Waals surface area contributed by atoms with Gasteiger partial charge in [-0.2, -0.15) is 0 Å². The number of amides is 1. The number of rotatable bonds is 5. The quantitative estimate of drug-likeness (QED) is 0.471. The fourth-order valence-electron chi connectivity index (χ4n) is 2.78. The average molecular weight is 381 g/mol. The van der Waals surface area contributed by atoms with Crippen LogP contribution in [0.1, 0.15) is 11.3 Å². The van der Waals surface area contributed by atoms with Crippen molar-refractivity contribution in [2.45, 2.75) is 6.92 Å². The molecule has 0 fully saturated rings. The van der Waals surface area contributed by atoms with Crippen LogP contribution >= 0.6 is 0 Å². The van der Waals surface area contributed by atoms with Gasteiger partial charge >= 0.3 is 0 Å². The van der Waals surface area contributed by atoms with Gasteiger partial charge in [0, 0.05) is 6.08 Å². The van der Waals surface area contributed by atoms with Gasteiger partial charge in [-0.05, 0) is 49.4 Å². The van der Waals surface area contributed by atoms with Crippen molar-refractivity contribution in [3.05, 3.63) is 96.3 Å². The molecule has 1 N–H and O–H groups in total. The number of anilines is 1. The van der Waals surface area contributed by atoms with Gasteiger partial charge in [-0.3, -0.25) is 9.78 Å². The van der Waals surface area contributed by atoms with Crippen LogP contribution in [-0.4, -0.2) is 15.9 Å². The highest BCUT2D eigenvalue weighted by Crippen LogP contribution is 2.29. The van der Waals surface area contributed by atoms with E-state index in [0.29, 0.717) is 22.9 Å². The van der Waals surface area contributed by atoms with Crippen molar-refractivity contribution in [1.82, 2.24) is 9.97 Å². The monoisotopic (exact) mass is 381 g/mol. The van der Waals surface area contributed by atoms with Crippen LogP contribution in [0.2, 0.25) is 0 Å². The molecule has 4 aromatic rings. The second-order valence-corrected chi connectivity index (χ2v) is 6.52. The number of hydrogen-bond donors (Lipinski definition) is 1. The minimum absolute atomic E-state index is 0.278. The fraction of sp³-hybridized carbons (Fsp3) is 0.0417. The third kappa shape index (κ3) is 4.65. The molecule has 1 heterocycles. The van der Waals surface area contributed by atoms with Crippen LogP contribution < -0.4 is 10.1 Å². The molecule has 1 amide bonds. The highest BCUT2D eigenvalue weighted by atomic mass is 16.5. The van der Waals surface area contributed by atoms with Crippen LogP contribution in [-0.2, 0) is 4.79 Å². The SMILES string of the molecule is Cc1ccc(Oc2ccccc2NC(=O)/C=C/c2cnc3ccccc3n2)cc1. The Kier molecular flexibility index (Phi) is 5.29. The lowest BCUT2D eigenvalue weighted by atomic mass is 10.2. The Hall–Kier alpha value is -3.99. The van der Waals surface area contributed by atoms with Gasteiger partial charge in [0.05, 0.1) is 28.6 Å². The molecule has 0 aliphatic heterocycles. The van der Waals surface area contributed by atoms with Crippen LogP contribution in [0, 0.1) is 6.92 Å². The number of para-hydroxylation sites is 4. The highest BCUT2D eigenvalue weighted by Gasteiger charge is 2.07. The van der Waals surface area contributed by atoms with Gasteiger partial charge in [-0.1, -0.05) is 42.0 Å². The molecule has 0 unspecified atom stereocenters. The molecule has 29 heavy (non-hydrogen) atoms. The molecule has 0 saturated carbocycles. The van der Waals surface area contributed by atoms with E-state index in [-0.39, 0.29) is 5.91 Å². The van der Waals surface area contributed by atoms with Crippen LogP contribution in [0.3, 0.4) is 0 Å². The second kappa shape index (κ2) is 8.35. The molecule has 0 saturated heterocycles. The number of ether oxygens (including phenoxy) is 1. The summed E-state index contributed by atoms with van der Waals surface area (Å²) in [6.45, 7) is 2.02. The number of benzene rings is 3. The Morgan fingerprint density at radius 1 is 0.931 bits per heavy atom. The predicted octanol–water partition coefficient (Wildman–Crippen LogP) is 5.38. The molecule has 0 aliphatic rings. The van der Waals surface area contributed by atoms with E-state index in [1.54, 1.807) is 18.3 Å². The topological polar surface area (TPSA) is 64.1 Å². The number of nitrogens with one attached hydrogen (secondary N) is 1. The van der Waals surface area contributed by atoms with Crippen molar-refractivity contribution in [2.75, 3.05) is 5.32 Å². The van der Waals surface area contributed by atoms with Crippen molar-refractivity contribution < 1.29 is 9.53 Å². The maximum atomic E-state index is 12.4. The Labute approximate surface area is 168 Å². The van der Waals surface area contributed by atoms with Gasteiger partial charge in [0.15, 0.2) is 5.75 Å². The van der Waals surface area contributed by atoms with Crippen molar-refractivity contribution in [2.24, 2.45) is 0 Å². The van der Waals surface area contributed by atoms with Gasteiger partial charge in [0.1, 0.15) is 5.75 Å². The molecular weight excluding hydrogens is 362 g/mol. The summed E-state index contributed by atoms with van der Waals surface area (Å²) in [6, 6.07) is 22.7. The molecule has 0 aliphatic carbocycles. The van der Waals surface area contributed by atoms with Gasteiger partial charge in [-0.15, -0.1) is 0 Å². The maximum absolute atomic E-state index is 12.4. The first kappa shape index (κ1) is 18.4. The Morgan fingerprint density at radius 3 is 2.48 bits per heavy atom. The molecule has 0 atom stereocenters. The van der Waals surface area contributed by atoms with E-state index in [4.69, 9.17) is 4.74 Å². The lowest BCUT2D eigenvalue weighted by molar-refractivity contribution is -0.111. The van der Waals surface area contributed by atoms with E-state index in [1.807, 2.05) is 73.7 Å². The summed E-state index contributed by atoms with van der Waals surface area (Å²) < 4.78 is 5.92. The highest BCUT2D eigenvalue weighted by molar-refractivity contribution is 6.02. The molecule has 142 valence electrons. The van der Waals surface area contributed by atoms with Gasteiger partial charge in [0.2, 0.25) is 5.91 Å². The van der Waals surface area contributed by atoms with Gasteiger partial charge in [0.25, 0.3) is 0 Å². The summed E-state index contributed by atoms with van der Waals surface area (Å²) in [7, 11) is 0. The van der Waals surface area contributed by atoms with E-state index < -0.39 is 0 Å². The van der Waals surface area contributed by atoms with Gasteiger partial charge < -0.3 is 10.1 Å². The van der Waals surface area contributed by atoms with Crippen LogP contribution in [0.15, 0.2) is 85.1 Å². The first-order valence-corrected chi connectivity index (χ1v) is 9.22. The summed E-state index contributed by atoms with van der Waals surface area (Å²) in [5.74, 6) is 1.00. The number of hydrogen-bond acceptors (Lipinski definition) is 4. The number of aromatic nitrogens is 2. The molecule has 5 nitrogen and oxygen atoms in total. The number of aryl methyl sites for hydroxylation is 1. The van der Waals surface area contributed by atoms with E-state index in [1.165, 1.54) is 6.08 Å². The van der Waals surface area contributed by atoms with Crippen LogP contribution in [0.5, 0.6) is 11.5 Å². The number of carbonyl (C=O) groups is 1. The molecule has 4 rings (SSSR count). The largest absolute Gasteiger partial charge is 0.455 e. The molecular formula is C24H19N3O2. The molecule has 1 aromatic heterocycles. The molecule has 0 spiro atoms. The molecule has 0 bridgehead atoms. The summed E-state index contributed by atoms with van der Waals surface area (Å²) >= 11 is 0. The lowest BCUT2D eigenvalue weighted by Gasteiger charge is -2.11. The zero-order chi connectivity index (χ0) is 20.1. The average Bonchev–Trinajstić information content (AvgIpc) is 2.75. The predicted molar refractivity (Wildman–Crippen MR) is 115 cm³/mol. The molecule has 5 heteroatoms. The Bertz CT molecular complexity index is 1180. The zero-order valence-corrected chi connectivity index (χ0v) is 15.9. The zero-order valence-electron chi connectivity index (χ0n) is 15.9. The van der Waals surface area contributed by atoms with E-state index >= 15 is 0 Å². The standard InChI is InChI=1S/C24H19N3O2/c1-17-10-13-19(14-11-17)29-23-9-5-4-8-22(23)27-24(28)15-12-18-16-25-20-6-2-3-7-21(20)26-18/h2-16H,1H3,(H,27,28)/b15-12+. The summed E-state index contributed by atoms with van der Waals surface area (Å²) in [4.78, 5) is 21.2. The van der Waals surface area contributed by atoms with E-state index in [2.05, 4.69) is 15.3 Å². The van der Waals surface area contributed by atoms with Crippen molar-refractivity contribution >= 4 is 28.7 Å². The summed E-state index contributed by atoms with van der Waals surface area (Å²) in [6.07, 6.45) is 4.71. The van der Waals surface area contributed by atoms with Crippen molar-refractivity contribution in [3.8, 4) is 11.5 Å². The number of nitrogens with zero attached hydrogens (tertiary/aromatic N) is 2. The van der Waals surface area contributed by atoms with Crippen LogP contribution in [0.4, 0.5) is 5.69 Å². The Balaban J connectivity index is 1.47. The third-order valence-electron chi connectivity index (χ3n) is 4.27. The number of carbonyl (C=O) groups excluding carboxylic acids is 1. The minimum Gasteiger partial charge on any atom is -0.455 e. The van der Waals surface area contributed by atoms with Gasteiger partial charge in [-0.25, -0.2) is 4.98 Å². The van der Waals surface area contributed by atoms with Crippen LogP contribution in [0.25, 0.3) is 17.1 Å². The third-order valence-corrected chi connectivity index (χ3v) is 4.27. The Morgan fingerprint density at radius 2 is 1.66 bits per heavy atom. The molecule has 3 aromatic carbocycles. The lowest BCUT2D eigenvalue weighted by Crippen LogP contribution is -2.08. The maximum Gasteiger partial charge on any atom is 0.248 e. The fourth-order valence-corrected chi connectivity index (χ4v) is 2.78. The first-order valence-electron chi connectivity index (χ1n) is 9.22. The number of fused-ring (bicyclic) bond motifs is 1. The minimum atomic E-state index is -0.278. The van der Waals surface area contributed by atoms with E-state index in [9.17, 15) is 4.79 Å². The summed E-state index contributed by atoms with van der Waals surface area (Å²) in [5.41, 5.74) is 3.96. The van der Waals surface area contributed by atoms with E-state index in [0.717, 1.165) is 16.6 Å². The molecule has 0 radical (unpaired) electrons. The smallest absolute Gasteiger partial charge is 0.248 e. The second-order valence-electron chi connectivity index (χ2n) is 6.52. The van der Waals surface area contributed by atoms with Crippen molar-refractivity contribution in [3.63, 3.8) is 0 Å². The summed E-state index contributed by atoms with van der Waals surface area (Å²) in [5, 5.41) is 2.85. The van der Waals surface area contributed by atoms with Crippen molar-refractivity contribution in [1.29, 1.82) is 0 Å².